The summed E-state index contributed by atoms with van der Waals surface area (Å²) in [6, 6.07) is 20.2. The summed E-state index contributed by atoms with van der Waals surface area (Å²) in [6.45, 7) is 4.13. The van der Waals surface area contributed by atoms with E-state index in [1.54, 1.807) is 22.0 Å². The molecule has 3 heteroatoms. The summed E-state index contributed by atoms with van der Waals surface area (Å²) in [5.41, 5.74) is 5.23. The van der Waals surface area contributed by atoms with E-state index < -0.39 is 0 Å². The lowest BCUT2D eigenvalue weighted by molar-refractivity contribution is 1.04. The Morgan fingerprint density at radius 3 is 2.33 bits per heavy atom. The van der Waals surface area contributed by atoms with Crippen LogP contribution in [0.25, 0.3) is 27.0 Å². The highest BCUT2D eigenvalue weighted by Gasteiger charge is 2.12. The molecule has 0 amide bonds. The van der Waals surface area contributed by atoms with E-state index in [4.69, 9.17) is 0 Å². The number of nitrogens with zero attached hydrogens (tertiary/aromatic N) is 1. The van der Waals surface area contributed by atoms with Gasteiger partial charge in [0, 0.05) is 27.6 Å². The van der Waals surface area contributed by atoms with Crippen molar-refractivity contribution in [3.63, 3.8) is 0 Å². The lowest BCUT2D eigenvalue weighted by Gasteiger charge is -2.14. The summed E-state index contributed by atoms with van der Waals surface area (Å²) < 4.78 is 1.80. The van der Waals surface area contributed by atoms with Crippen LogP contribution in [0.2, 0.25) is 0 Å². The molecule has 0 fully saturated rings. The first-order valence-electron chi connectivity index (χ1n) is 7.91. The van der Waals surface area contributed by atoms with Crippen molar-refractivity contribution in [3.05, 3.63) is 87.5 Å². The third-order valence-electron chi connectivity index (χ3n) is 4.25. The van der Waals surface area contributed by atoms with Crippen LogP contribution in [0.1, 0.15) is 11.1 Å². The molecule has 2 nitrogen and oxygen atoms in total. The number of aromatic nitrogens is 1. The maximum Gasteiger partial charge on any atom is 0.256 e. The number of pyridine rings is 1. The van der Waals surface area contributed by atoms with Crippen LogP contribution in [-0.4, -0.2) is 4.57 Å². The van der Waals surface area contributed by atoms with E-state index in [9.17, 15) is 4.79 Å². The van der Waals surface area contributed by atoms with Crippen LogP contribution in [0.5, 0.6) is 0 Å². The summed E-state index contributed by atoms with van der Waals surface area (Å²) in [5.74, 6) is 0. The van der Waals surface area contributed by atoms with Gasteiger partial charge in [0.1, 0.15) is 0 Å². The van der Waals surface area contributed by atoms with Crippen LogP contribution in [0.3, 0.4) is 0 Å². The third-order valence-corrected chi connectivity index (χ3v) is 5.15. The largest absolute Gasteiger partial charge is 0.277 e. The van der Waals surface area contributed by atoms with Gasteiger partial charge >= 0.3 is 0 Å². The van der Waals surface area contributed by atoms with Gasteiger partial charge in [-0.05, 0) is 49.6 Å². The highest BCUT2D eigenvalue weighted by Crippen LogP contribution is 2.32. The average molecular weight is 331 g/mol. The molecule has 0 radical (unpaired) electrons. The van der Waals surface area contributed by atoms with Gasteiger partial charge in [-0.15, -0.1) is 11.3 Å². The zero-order chi connectivity index (χ0) is 16.7. The van der Waals surface area contributed by atoms with E-state index in [0.717, 1.165) is 27.0 Å². The number of hydrogen-bond donors (Lipinski definition) is 0. The predicted octanol–water partition coefficient (Wildman–Crippen LogP) is 5.34. The van der Waals surface area contributed by atoms with E-state index in [2.05, 4.69) is 25.1 Å². The summed E-state index contributed by atoms with van der Waals surface area (Å²) in [7, 11) is 0. The van der Waals surface area contributed by atoms with Crippen LogP contribution in [0, 0.1) is 13.8 Å². The molecule has 4 rings (SSSR count). The molecule has 118 valence electrons. The summed E-state index contributed by atoms with van der Waals surface area (Å²) >= 11 is 1.66. The zero-order valence-electron chi connectivity index (χ0n) is 13.6. The molecule has 0 unspecified atom stereocenters. The van der Waals surface area contributed by atoms with Gasteiger partial charge in [0.15, 0.2) is 0 Å². The highest BCUT2D eigenvalue weighted by atomic mass is 32.1. The van der Waals surface area contributed by atoms with Crippen LogP contribution in [0.4, 0.5) is 0 Å². The fourth-order valence-corrected chi connectivity index (χ4v) is 3.80. The Morgan fingerprint density at radius 1 is 0.875 bits per heavy atom. The Hall–Kier alpha value is -2.65. The second-order valence-electron chi connectivity index (χ2n) is 6.07. The Labute approximate surface area is 144 Å². The lowest BCUT2D eigenvalue weighted by atomic mass is 10.0. The van der Waals surface area contributed by atoms with Crippen molar-refractivity contribution in [2.45, 2.75) is 13.8 Å². The van der Waals surface area contributed by atoms with Crippen LogP contribution < -0.4 is 5.56 Å². The molecular formula is C21H17NOS. The first kappa shape index (κ1) is 14.9. The zero-order valence-corrected chi connectivity index (χ0v) is 14.4. The van der Waals surface area contributed by atoms with E-state index in [1.807, 2.05) is 48.7 Å². The summed E-state index contributed by atoms with van der Waals surface area (Å²) in [5, 5.41) is 3.15. The molecule has 0 aliphatic carbocycles. The molecule has 0 saturated heterocycles. The molecule has 2 heterocycles. The lowest BCUT2D eigenvalue weighted by Crippen LogP contribution is -2.18. The van der Waals surface area contributed by atoms with Crippen molar-refractivity contribution < 1.29 is 0 Å². The van der Waals surface area contributed by atoms with Gasteiger partial charge in [0.05, 0.1) is 5.52 Å². The minimum Gasteiger partial charge on any atom is -0.277 e. The monoisotopic (exact) mass is 331 g/mol. The van der Waals surface area contributed by atoms with E-state index in [1.165, 1.54) is 11.1 Å². The second-order valence-corrected chi connectivity index (χ2v) is 7.01. The quantitative estimate of drug-likeness (QED) is 0.486. The average Bonchev–Trinajstić information content (AvgIpc) is 3.10. The van der Waals surface area contributed by atoms with Gasteiger partial charge in [0.2, 0.25) is 0 Å². The molecule has 4 aromatic rings. The van der Waals surface area contributed by atoms with Crippen LogP contribution in [0.15, 0.2) is 70.8 Å². The van der Waals surface area contributed by atoms with E-state index in [0.29, 0.717) is 0 Å². The van der Waals surface area contributed by atoms with Crippen molar-refractivity contribution in [1.82, 2.24) is 4.57 Å². The van der Waals surface area contributed by atoms with Gasteiger partial charge in [-0.2, -0.15) is 0 Å². The van der Waals surface area contributed by atoms with Gasteiger partial charge in [0.25, 0.3) is 5.56 Å². The Morgan fingerprint density at radius 2 is 1.62 bits per heavy atom. The van der Waals surface area contributed by atoms with Crippen molar-refractivity contribution in [2.24, 2.45) is 0 Å². The molecule has 24 heavy (non-hydrogen) atoms. The minimum absolute atomic E-state index is 0.00129. The molecule has 2 aromatic heterocycles. The summed E-state index contributed by atoms with van der Waals surface area (Å²) in [6.07, 6.45) is 0. The normalized spacial score (nSPS) is 11.1. The van der Waals surface area contributed by atoms with Crippen LogP contribution in [-0.2, 0) is 0 Å². The first-order valence-corrected chi connectivity index (χ1v) is 8.79. The van der Waals surface area contributed by atoms with Crippen molar-refractivity contribution in [1.29, 1.82) is 0 Å². The van der Waals surface area contributed by atoms with Gasteiger partial charge < -0.3 is 0 Å². The molecule has 0 N–H and O–H groups in total. The second kappa shape index (κ2) is 5.77. The maximum absolute atomic E-state index is 12.9. The fourth-order valence-electron chi connectivity index (χ4n) is 3.04. The molecule has 0 atom stereocenters. The SMILES string of the molecule is Cc1ccc(-n2c(=O)cc(-c3cccs3)c3cc(C)ccc32)cc1. The molecule has 0 saturated carbocycles. The fraction of sp³-hybridized carbons (Fsp3) is 0.0952. The molecular weight excluding hydrogens is 314 g/mol. The Balaban J connectivity index is 2.10. The topological polar surface area (TPSA) is 22.0 Å². The van der Waals surface area contributed by atoms with Crippen molar-refractivity contribution >= 4 is 22.2 Å². The highest BCUT2D eigenvalue weighted by molar-refractivity contribution is 7.13. The third kappa shape index (κ3) is 2.47. The van der Waals surface area contributed by atoms with E-state index >= 15 is 0 Å². The standard InChI is InChI=1S/C21H17NOS/c1-14-5-8-16(9-6-14)22-19-10-7-15(2)12-17(19)18(13-21(22)23)20-4-3-11-24-20/h3-13H,1-2H3. The molecule has 0 bridgehead atoms. The number of thiophene rings is 1. The van der Waals surface area contributed by atoms with Gasteiger partial charge in [-0.25, -0.2) is 0 Å². The molecule has 0 spiro atoms. The van der Waals surface area contributed by atoms with Crippen molar-refractivity contribution in [2.75, 3.05) is 0 Å². The maximum atomic E-state index is 12.9. The van der Waals surface area contributed by atoms with E-state index in [-0.39, 0.29) is 5.56 Å². The summed E-state index contributed by atoms with van der Waals surface area (Å²) in [4.78, 5) is 14.0. The number of hydrogen-bond acceptors (Lipinski definition) is 2. The van der Waals surface area contributed by atoms with Gasteiger partial charge in [-0.1, -0.05) is 35.4 Å². The predicted molar refractivity (Wildman–Crippen MR) is 102 cm³/mol. The molecule has 0 aliphatic rings. The number of aryl methyl sites for hydroxylation is 2. The van der Waals surface area contributed by atoms with Crippen molar-refractivity contribution in [3.8, 4) is 16.1 Å². The Bertz CT molecular complexity index is 1070. The van der Waals surface area contributed by atoms with Crippen LogP contribution >= 0.6 is 11.3 Å². The number of rotatable bonds is 2. The Kier molecular flexibility index (Phi) is 3.58. The first-order chi connectivity index (χ1) is 11.6. The molecule has 0 aliphatic heterocycles. The number of benzene rings is 2. The number of fused-ring (bicyclic) bond motifs is 1. The minimum atomic E-state index is -0.00129. The smallest absolute Gasteiger partial charge is 0.256 e. The molecule has 2 aromatic carbocycles. The van der Waals surface area contributed by atoms with Gasteiger partial charge in [-0.3, -0.25) is 9.36 Å².